The van der Waals surface area contributed by atoms with E-state index in [2.05, 4.69) is 32.9 Å². The molecule has 0 aromatic heterocycles. The van der Waals surface area contributed by atoms with Crippen molar-refractivity contribution in [3.63, 3.8) is 0 Å². The number of esters is 3. The lowest BCUT2D eigenvalue weighted by Crippen LogP contribution is -2.30. The van der Waals surface area contributed by atoms with Crippen molar-refractivity contribution in [1.29, 1.82) is 0 Å². The van der Waals surface area contributed by atoms with E-state index >= 15 is 0 Å². The number of unbranched alkanes of at least 4 members (excludes halogenated alkanes) is 42. The number of carbonyl (C=O) groups excluding carboxylic acids is 3. The van der Waals surface area contributed by atoms with Gasteiger partial charge in [0.25, 0.3) is 0 Å². The van der Waals surface area contributed by atoms with Crippen molar-refractivity contribution >= 4 is 17.9 Å². The van der Waals surface area contributed by atoms with Gasteiger partial charge in [0.1, 0.15) is 13.2 Å². The molecule has 1 atom stereocenters. The number of hydrogen-bond acceptors (Lipinski definition) is 6. The Morgan fingerprint density at radius 2 is 0.500 bits per heavy atom. The third kappa shape index (κ3) is 53.1. The summed E-state index contributed by atoms with van der Waals surface area (Å²) < 4.78 is 16.7. The average Bonchev–Trinajstić information content (AvgIpc) is 3.31. The second-order valence-electron chi connectivity index (χ2n) is 20.3. The fourth-order valence-corrected chi connectivity index (χ4v) is 9.03. The fourth-order valence-electron chi connectivity index (χ4n) is 9.03. The molecule has 66 heavy (non-hydrogen) atoms. The predicted octanol–water partition coefficient (Wildman–Crippen LogP) is 19.7. The minimum Gasteiger partial charge on any atom is -0.462 e. The molecule has 0 aliphatic rings. The summed E-state index contributed by atoms with van der Waals surface area (Å²) in [6, 6.07) is 0. The van der Waals surface area contributed by atoms with Crippen molar-refractivity contribution in [2.24, 2.45) is 0 Å². The highest BCUT2D eigenvalue weighted by molar-refractivity contribution is 5.71. The van der Waals surface area contributed by atoms with Crippen LogP contribution in [0.1, 0.15) is 335 Å². The van der Waals surface area contributed by atoms with Crippen LogP contribution >= 0.6 is 0 Å². The summed E-state index contributed by atoms with van der Waals surface area (Å²) in [7, 11) is 0. The van der Waals surface area contributed by atoms with Crippen LogP contribution < -0.4 is 0 Å². The molecule has 0 rings (SSSR count). The molecule has 0 N–H and O–H groups in total. The highest BCUT2D eigenvalue weighted by Crippen LogP contribution is 2.17. The van der Waals surface area contributed by atoms with Gasteiger partial charge in [-0.2, -0.15) is 0 Å². The van der Waals surface area contributed by atoms with E-state index in [4.69, 9.17) is 14.2 Å². The number of rotatable bonds is 55. The van der Waals surface area contributed by atoms with E-state index in [0.29, 0.717) is 19.3 Å². The summed E-state index contributed by atoms with van der Waals surface area (Å²) in [5.74, 6) is -0.859. The maximum atomic E-state index is 12.7. The zero-order valence-electron chi connectivity index (χ0n) is 44.7. The van der Waals surface area contributed by atoms with Gasteiger partial charge in [0.2, 0.25) is 0 Å². The molecule has 0 spiro atoms. The third-order valence-electron chi connectivity index (χ3n) is 13.5. The van der Waals surface area contributed by atoms with Crippen LogP contribution in [0.2, 0.25) is 0 Å². The summed E-state index contributed by atoms with van der Waals surface area (Å²) in [5.41, 5.74) is 0. The number of carbonyl (C=O) groups is 3. The lowest BCUT2D eigenvalue weighted by molar-refractivity contribution is -0.167. The molecule has 1 unspecified atom stereocenters. The van der Waals surface area contributed by atoms with Crippen LogP contribution in [0.15, 0.2) is 12.2 Å². The number of hydrogen-bond donors (Lipinski definition) is 0. The van der Waals surface area contributed by atoms with Gasteiger partial charge >= 0.3 is 17.9 Å². The number of ether oxygens (including phenoxy) is 3. The van der Waals surface area contributed by atoms with Crippen LogP contribution in [0.25, 0.3) is 0 Å². The standard InChI is InChI=1S/C60H114O6/c1-4-7-10-13-16-18-19-20-21-22-23-24-25-26-27-28-29-30-31-32-33-34-35-36-37-38-39-40-41-42-45-47-50-53-59(62)65-56-57(55-64-58(61)52-49-46-43-15-12-9-6-3)66-60(63)54-51-48-44-17-14-11-8-5-2/h22-23,57H,4-21,24-56H2,1-3H3/b23-22-. The Morgan fingerprint density at radius 1 is 0.288 bits per heavy atom. The minimum atomic E-state index is -0.759. The maximum Gasteiger partial charge on any atom is 0.306 e. The van der Waals surface area contributed by atoms with Gasteiger partial charge in [0, 0.05) is 19.3 Å². The molecular weight excluding hydrogens is 817 g/mol. The zero-order valence-corrected chi connectivity index (χ0v) is 44.7. The smallest absolute Gasteiger partial charge is 0.306 e. The first-order chi connectivity index (χ1) is 32.5. The summed E-state index contributed by atoms with van der Waals surface area (Å²) in [5, 5.41) is 0. The Kier molecular flexibility index (Phi) is 54.2. The van der Waals surface area contributed by atoms with Gasteiger partial charge in [0.15, 0.2) is 6.10 Å². The SMILES string of the molecule is CCCCCCCCCC/C=C\CCCCCCCCCCCCCCCCCCCCCCCC(=O)OCC(COC(=O)CCCCCCCCC)OC(=O)CCCCCCCCCC. The molecule has 390 valence electrons. The molecule has 0 heterocycles. The van der Waals surface area contributed by atoms with Crippen molar-refractivity contribution in [2.45, 2.75) is 341 Å². The predicted molar refractivity (Wildman–Crippen MR) is 284 cm³/mol. The molecule has 6 heteroatoms. The lowest BCUT2D eigenvalue weighted by Gasteiger charge is -2.18. The molecule has 0 saturated heterocycles. The third-order valence-corrected chi connectivity index (χ3v) is 13.5. The molecule has 6 nitrogen and oxygen atoms in total. The summed E-state index contributed by atoms with van der Waals surface area (Å²) in [4.78, 5) is 37.7. The molecule has 0 bridgehead atoms. The Hall–Kier alpha value is -1.85. The normalized spacial score (nSPS) is 12.0. The van der Waals surface area contributed by atoms with E-state index in [1.54, 1.807) is 0 Å². The van der Waals surface area contributed by atoms with Gasteiger partial charge in [0.05, 0.1) is 0 Å². The van der Waals surface area contributed by atoms with Crippen LogP contribution in [0.5, 0.6) is 0 Å². The fraction of sp³-hybridized carbons (Fsp3) is 0.917. The van der Waals surface area contributed by atoms with Crippen LogP contribution in [0.3, 0.4) is 0 Å². The Bertz CT molecular complexity index is 1020. The van der Waals surface area contributed by atoms with E-state index in [1.807, 2.05) is 0 Å². The minimum absolute atomic E-state index is 0.0645. The molecule has 0 radical (unpaired) electrons. The van der Waals surface area contributed by atoms with Crippen molar-refractivity contribution in [2.75, 3.05) is 13.2 Å². The molecule has 0 aromatic rings. The van der Waals surface area contributed by atoms with Gasteiger partial charge in [-0.1, -0.05) is 283 Å². The molecule has 0 aromatic carbocycles. The molecule has 0 amide bonds. The van der Waals surface area contributed by atoms with E-state index in [0.717, 1.165) is 57.8 Å². The Morgan fingerprint density at radius 3 is 0.758 bits per heavy atom. The monoisotopic (exact) mass is 931 g/mol. The van der Waals surface area contributed by atoms with Crippen LogP contribution in [-0.2, 0) is 28.6 Å². The molecule has 0 aliphatic heterocycles. The maximum absolute atomic E-state index is 12.7. The molecule has 0 aliphatic carbocycles. The van der Waals surface area contributed by atoms with E-state index < -0.39 is 6.10 Å². The highest BCUT2D eigenvalue weighted by Gasteiger charge is 2.19. The van der Waals surface area contributed by atoms with Gasteiger partial charge in [-0.25, -0.2) is 0 Å². The van der Waals surface area contributed by atoms with E-state index in [9.17, 15) is 14.4 Å². The Balaban J connectivity index is 3.80. The first-order valence-corrected chi connectivity index (χ1v) is 29.7. The Labute approximate surface area is 411 Å². The van der Waals surface area contributed by atoms with Crippen molar-refractivity contribution in [3.05, 3.63) is 12.2 Å². The first-order valence-electron chi connectivity index (χ1n) is 29.7. The van der Waals surface area contributed by atoms with Gasteiger partial charge in [-0.3, -0.25) is 14.4 Å². The summed E-state index contributed by atoms with van der Waals surface area (Å²) in [6.07, 6.45) is 64.2. The first kappa shape index (κ1) is 64.2. The quantitative estimate of drug-likeness (QED) is 0.0262. The van der Waals surface area contributed by atoms with E-state index in [-0.39, 0.29) is 31.1 Å². The second-order valence-corrected chi connectivity index (χ2v) is 20.3. The average molecular weight is 932 g/mol. The van der Waals surface area contributed by atoms with Gasteiger partial charge in [-0.05, 0) is 44.9 Å². The second kappa shape index (κ2) is 55.7. The van der Waals surface area contributed by atoms with Gasteiger partial charge in [-0.15, -0.1) is 0 Å². The number of allylic oxidation sites excluding steroid dienone is 2. The molecule has 0 saturated carbocycles. The van der Waals surface area contributed by atoms with Crippen molar-refractivity contribution < 1.29 is 28.6 Å². The summed E-state index contributed by atoms with van der Waals surface area (Å²) in [6.45, 7) is 6.60. The van der Waals surface area contributed by atoms with E-state index in [1.165, 1.54) is 238 Å². The van der Waals surface area contributed by atoms with Crippen LogP contribution in [0.4, 0.5) is 0 Å². The summed E-state index contributed by atoms with van der Waals surface area (Å²) >= 11 is 0. The van der Waals surface area contributed by atoms with Crippen molar-refractivity contribution in [3.8, 4) is 0 Å². The zero-order chi connectivity index (χ0) is 47.9. The topological polar surface area (TPSA) is 78.9 Å². The van der Waals surface area contributed by atoms with Gasteiger partial charge < -0.3 is 14.2 Å². The van der Waals surface area contributed by atoms with Crippen LogP contribution in [-0.4, -0.2) is 37.2 Å². The van der Waals surface area contributed by atoms with Crippen LogP contribution in [0, 0.1) is 0 Å². The highest BCUT2D eigenvalue weighted by atomic mass is 16.6. The largest absolute Gasteiger partial charge is 0.462 e. The molecular formula is C60H114O6. The van der Waals surface area contributed by atoms with Crippen molar-refractivity contribution in [1.82, 2.24) is 0 Å². The molecule has 0 fully saturated rings. The lowest BCUT2D eigenvalue weighted by atomic mass is 10.0.